The zero-order valence-corrected chi connectivity index (χ0v) is 17.7. The second-order valence-electron chi connectivity index (χ2n) is 6.05. The molecule has 0 aliphatic heterocycles. The van der Waals surface area contributed by atoms with Crippen molar-refractivity contribution in [2.45, 2.75) is 38.6 Å². The molecule has 2 aromatic carbocycles. The first-order valence-corrected chi connectivity index (χ1v) is 11.0. The lowest BCUT2D eigenvalue weighted by atomic mass is 10.1. The summed E-state index contributed by atoms with van der Waals surface area (Å²) in [4.78, 5) is 0.313. The average molecular weight is 406 g/mol. The van der Waals surface area contributed by atoms with Crippen LogP contribution in [0.15, 0.2) is 53.4 Å². The van der Waals surface area contributed by atoms with Crippen molar-refractivity contribution in [3.05, 3.63) is 59.7 Å². The molecule has 0 radical (unpaired) electrons. The molecule has 0 saturated carbocycles. The van der Waals surface area contributed by atoms with Crippen LogP contribution >= 0.6 is 12.2 Å². The van der Waals surface area contributed by atoms with Crippen molar-refractivity contribution in [1.82, 2.24) is 9.62 Å². The molecular weight excluding hydrogens is 378 g/mol. The number of rotatable bonds is 8. The van der Waals surface area contributed by atoms with E-state index in [1.54, 1.807) is 12.1 Å². The highest BCUT2D eigenvalue weighted by Crippen LogP contribution is 2.17. The minimum absolute atomic E-state index is 0.313. The van der Waals surface area contributed by atoms with Gasteiger partial charge in [0, 0.05) is 25.3 Å². The molecule has 0 unspecified atom stereocenters. The van der Waals surface area contributed by atoms with Crippen molar-refractivity contribution < 1.29 is 8.42 Å². The number of benzene rings is 2. The highest BCUT2D eigenvalue weighted by atomic mass is 32.2. The molecule has 0 amide bonds. The van der Waals surface area contributed by atoms with E-state index >= 15 is 0 Å². The topological polar surface area (TPSA) is 61.4 Å². The Bertz CT molecular complexity index is 861. The van der Waals surface area contributed by atoms with E-state index in [4.69, 9.17) is 12.2 Å². The number of thiocarbonyl (C=S) groups is 1. The first-order chi connectivity index (χ1) is 12.9. The van der Waals surface area contributed by atoms with E-state index in [-0.39, 0.29) is 0 Å². The summed E-state index contributed by atoms with van der Waals surface area (Å²) < 4.78 is 26.5. The second kappa shape index (κ2) is 9.82. The van der Waals surface area contributed by atoms with Gasteiger partial charge in [0.25, 0.3) is 0 Å². The van der Waals surface area contributed by atoms with Gasteiger partial charge in [0.2, 0.25) is 10.0 Å². The third-order valence-electron chi connectivity index (χ3n) is 4.37. The van der Waals surface area contributed by atoms with Crippen molar-refractivity contribution in [2.24, 2.45) is 0 Å². The Labute approximate surface area is 167 Å². The highest BCUT2D eigenvalue weighted by molar-refractivity contribution is 7.89. The lowest BCUT2D eigenvalue weighted by molar-refractivity contribution is 0.445. The van der Waals surface area contributed by atoms with Crippen molar-refractivity contribution in [3.63, 3.8) is 0 Å². The van der Waals surface area contributed by atoms with Gasteiger partial charge in [-0.3, -0.25) is 0 Å². The number of hydrogen-bond donors (Lipinski definition) is 2. The van der Waals surface area contributed by atoms with Crippen molar-refractivity contribution in [1.29, 1.82) is 0 Å². The lowest BCUT2D eigenvalue weighted by Crippen LogP contribution is -2.30. The molecule has 0 saturated heterocycles. The molecule has 0 heterocycles. The maximum Gasteiger partial charge on any atom is 0.243 e. The quantitative estimate of drug-likeness (QED) is 0.655. The summed E-state index contributed by atoms with van der Waals surface area (Å²) in [5.41, 5.74) is 3.16. The summed E-state index contributed by atoms with van der Waals surface area (Å²) in [6.45, 7) is 7.22. The number of anilines is 1. The zero-order chi connectivity index (χ0) is 19.9. The first-order valence-electron chi connectivity index (χ1n) is 9.14. The predicted molar refractivity (Wildman–Crippen MR) is 115 cm³/mol. The SMILES string of the molecule is CCc1ccccc1NC(=S)NCc1ccc(S(=O)(=O)N(CC)CC)cc1. The minimum atomic E-state index is -3.42. The van der Waals surface area contributed by atoms with Gasteiger partial charge in [-0.25, -0.2) is 8.42 Å². The van der Waals surface area contributed by atoms with Crippen LogP contribution in [-0.2, 0) is 23.0 Å². The van der Waals surface area contributed by atoms with Gasteiger partial charge >= 0.3 is 0 Å². The monoisotopic (exact) mass is 405 g/mol. The first kappa shape index (κ1) is 21.3. The van der Waals surface area contributed by atoms with Gasteiger partial charge in [-0.15, -0.1) is 0 Å². The van der Waals surface area contributed by atoms with Gasteiger partial charge in [-0.2, -0.15) is 4.31 Å². The molecule has 0 aromatic heterocycles. The van der Waals surface area contributed by atoms with Crippen LogP contribution in [-0.4, -0.2) is 30.9 Å². The van der Waals surface area contributed by atoms with E-state index in [1.807, 2.05) is 44.2 Å². The fourth-order valence-electron chi connectivity index (χ4n) is 2.79. The summed E-state index contributed by atoms with van der Waals surface area (Å²) in [7, 11) is -3.42. The maximum atomic E-state index is 12.5. The average Bonchev–Trinajstić information content (AvgIpc) is 2.68. The van der Waals surface area contributed by atoms with Crippen LogP contribution in [0.25, 0.3) is 0 Å². The zero-order valence-electron chi connectivity index (χ0n) is 16.0. The van der Waals surface area contributed by atoms with Crippen molar-refractivity contribution in [3.8, 4) is 0 Å². The van der Waals surface area contributed by atoms with Crippen LogP contribution in [0.2, 0.25) is 0 Å². The smallest absolute Gasteiger partial charge is 0.243 e. The van der Waals surface area contributed by atoms with Gasteiger partial charge < -0.3 is 10.6 Å². The lowest BCUT2D eigenvalue weighted by Gasteiger charge is -2.18. The molecule has 2 rings (SSSR count). The molecule has 0 spiro atoms. The molecule has 146 valence electrons. The Morgan fingerprint density at radius 3 is 2.22 bits per heavy atom. The third kappa shape index (κ3) is 5.51. The Kier molecular flexibility index (Phi) is 7.77. The summed E-state index contributed by atoms with van der Waals surface area (Å²) in [6.07, 6.45) is 0.925. The van der Waals surface area contributed by atoms with E-state index in [0.717, 1.165) is 17.7 Å². The molecule has 7 heteroatoms. The number of para-hydroxylation sites is 1. The molecule has 0 atom stereocenters. The second-order valence-corrected chi connectivity index (χ2v) is 8.40. The van der Waals surface area contributed by atoms with Crippen LogP contribution in [0.3, 0.4) is 0 Å². The van der Waals surface area contributed by atoms with E-state index < -0.39 is 10.0 Å². The molecule has 0 fully saturated rings. The van der Waals surface area contributed by atoms with Crippen molar-refractivity contribution in [2.75, 3.05) is 18.4 Å². The number of hydrogen-bond acceptors (Lipinski definition) is 3. The molecule has 2 N–H and O–H groups in total. The van der Waals surface area contributed by atoms with Crippen LogP contribution in [0.5, 0.6) is 0 Å². The number of aryl methyl sites for hydroxylation is 1. The largest absolute Gasteiger partial charge is 0.358 e. The molecular formula is C20H27N3O2S2. The van der Waals surface area contributed by atoms with Gasteiger partial charge in [-0.1, -0.05) is 51.1 Å². The van der Waals surface area contributed by atoms with Crippen LogP contribution in [0.1, 0.15) is 31.9 Å². The van der Waals surface area contributed by atoms with Crippen molar-refractivity contribution >= 4 is 33.0 Å². The summed E-state index contributed by atoms with van der Waals surface area (Å²) in [6, 6.07) is 15.0. The van der Waals surface area contributed by atoms with Crippen LogP contribution in [0.4, 0.5) is 5.69 Å². The number of sulfonamides is 1. The Morgan fingerprint density at radius 1 is 1.00 bits per heavy atom. The summed E-state index contributed by atoms with van der Waals surface area (Å²) in [5.74, 6) is 0. The number of nitrogens with zero attached hydrogens (tertiary/aromatic N) is 1. The Balaban J connectivity index is 1.98. The number of nitrogens with one attached hydrogen (secondary N) is 2. The van der Waals surface area contributed by atoms with E-state index in [2.05, 4.69) is 23.6 Å². The van der Waals surface area contributed by atoms with Crippen LogP contribution < -0.4 is 10.6 Å². The van der Waals surface area contributed by atoms with E-state index in [1.165, 1.54) is 9.87 Å². The van der Waals surface area contributed by atoms with Gasteiger partial charge in [0.15, 0.2) is 5.11 Å². The van der Waals surface area contributed by atoms with E-state index in [0.29, 0.717) is 29.6 Å². The Morgan fingerprint density at radius 2 is 1.63 bits per heavy atom. The maximum absolute atomic E-state index is 12.5. The molecule has 2 aromatic rings. The predicted octanol–water partition coefficient (Wildman–Crippen LogP) is 3.77. The molecule has 0 bridgehead atoms. The fraction of sp³-hybridized carbons (Fsp3) is 0.350. The minimum Gasteiger partial charge on any atom is -0.358 e. The normalized spacial score (nSPS) is 11.4. The molecule has 0 aliphatic rings. The summed E-state index contributed by atoms with van der Waals surface area (Å²) >= 11 is 5.37. The molecule has 0 aliphatic carbocycles. The third-order valence-corrected chi connectivity index (χ3v) is 6.68. The van der Waals surface area contributed by atoms with E-state index in [9.17, 15) is 8.42 Å². The fourth-order valence-corrected chi connectivity index (χ4v) is 4.43. The summed E-state index contributed by atoms with van der Waals surface area (Å²) in [5, 5.41) is 6.92. The Hall–Kier alpha value is -1.96. The molecule has 27 heavy (non-hydrogen) atoms. The highest BCUT2D eigenvalue weighted by Gasteiger charge is 2.21. The van der Waals surface area contributed by atoms with Gasteiger partial charge in [-0.05, 0) is 48.0 Å². The molecule has 5 nitrogen and oxygen atoms in total. The van der Waals surface area contributed by atoms with Gasteiger partial charge in [0.1, 0.15) is 0 Å². The van der Waals surface area contributed by atoms with Crippen LogP contribution in [0, 0.1) is 0 Å². The van der Waals surface area contributed by atoms with Gasteiger partial charge in [0.05, 0.1) is 4.90 Å². The standard InChI is InChI=1S/C20H27N3O2S2/c1-4-17-9-7-8-10-19(17)22-20(26)21-15-16-11-13-18(14-12-16)27(24,25)23(5-2)6-3/h7-14H,4-6,15H2,1-3H3,(H2,21,22,26).